The van der Waals surface area contributed by atoms with Gasteiger partial charge in [-0.25, -0.2) is 4.79 Å². The normalized spacial score (nSPS) is 38.1. The molecule has 0 aliphatic carbocycles. The second kappa shape index (κ2) is 5.06. The fourth-order valence-corrected chi connectivity index (χ4v) is 3.60. The van der Waals surface area contributed by atoms with Crippen LogP contribution >= 0.6 is 0 Å². The van der Waals surface area contributed by atoms with Crippen molar-refractivity contribution in [3.8, 4) is 0 Å². The molecular formula is C16H25NO5. The number of hydrogen-bond donors (Lipinski definition) is 1. The van der Waals surface area contributed by atoms with Crippen molar-refractivity contribution in [3.63, 3.8) is 0 Å². The lowest BCUT2D eigenvalue weighted by molar-refractivity contribution is -0.167. The van der Waals surface area contributed by atoms with Crippen LogP contribution < -0.4 is 0 Å². The molecular weight excluding hydrogens is 286 g/mol. The molecule has 1 N–H and O–H groups in total. The van der Waals surface area contributed by atoms with E-state index < -0.39 is 34.7 Å². The topological polar surface area (TPSA) is 76.1 Å². The molecule has 6 nitrogen and oxygen atoms in total. The molecule has 2 saturated heterocycles. The molecule has 124 valence electrons. The van der Waals surface area contributed by atoms with Gasteiger partial charge in [0.2, 0.25) is 5.91 Å². The van der Waals surface area contributed by atoms with Gasteiger partial charge in [0.05, 0.1) is 19.6 Å². The van der Waals surface area contributed by atoms with Crippen molar-refractivity contribution in [3.05, 3.63) is 12.7 Å². The molecule has 0 radical (unpaired) electrons. The second-order valence-corrected chi connectivity index (χ2v) is 7.31. The second-order valence-electron chi connectivity index (χ2n) is 7.31. The van der Waals surface area contributed by atoms with Gasteiger partial charge in [0.1, 0.15) is 11.8 Å². The Morgan fingerprint density at radius 3 is 2.64 bits per heavy atom. The zero-order chi connectivity index (χ0) is 16.9. The number of esters is 1. The van der Waals surface area contributed by atoms with E-state index in [2.05, 4.69) is 6.58 Å². The average Bonchev–Trinajstić information content (AvgIpc) is 2.90. The zero-order valence-corrected chi connectivity index (χ0v) is 13.9. The molecule has 0 unspecified atom stereocenters. The van der Waals surface area contributed by atoms with Crippen LogP contribution in [0, 0.1) is 11.3 Å². The fraction of sp³-hybridized carbons (Fsp3) is 0.750. The van der Waals surface area contributed by atoms with E-state index in [4.69, 9.17) is 9.47 Å². The highest BCUT2D eigenvalue weighted by molar-refractivity contribution is 5.97. The van der Waals surface area contributed by atoms with Crippen molar-refractivity contribution in [2.45, 2.75) is 51.5 Å². The van der Waals surface area contributed by atoms with Crippen LogP contribution in [0.15, 0.2) is 12.7 Å². The molecule has 22 heavy (non-hydrogen) atoms. The maximum absolute atomic E-state index is 12.9. The quantitative estimate of drug-likeness (QED) is 0.623. The first kappa shape index (κ1) is 17.0. The molecule has 2 heterocycles. The van der Waals surface area contributed by atoms with E-state index in [1.54, 1.807) is 6.08 Å². The van der Waals surface area contributed by atoms with Gasteiger partial charge in [-0.15, -0.1) is 6.58 Å². The van der Waals surface area contributed by atoms with Crippen LogP contribution in [-0.2, 0) is 19.1 Å². The van der Waals surface area contributed by atoms with Crippen LogP contribution in [0.3, 0.4) is 0 Å². The van der Waals surface area contributed by atoms with Crippen LogP contribution in [0.1, 0.15) is 34.1 Å². The van der Waals surface area contributed by atoms with Crippen LogP contribution in [0.2, 0.25) is 0 Å². The molecule has 0 aromatic rings. The lowest BCUT2D eigenvalue weighted by atomic mass is 9.75. The van der Waals surface area contributed by atoms with E-state index in [9.17, 15) is 14.7 Å². The van der Waals surface area contributed by atoms with Crippen molar-refractivity contribution in [1.82, 2.24) is 4.90 Å². The number of aliphatic hydroxyl groups is 1. The number of hydrogen-bond acceptors (Lipinski definition) is 5. The molecule has 0 bridgehead atoms. The molecule has 6 heteroatoms. The summed E-state index contributed by atoms with van der Waals surface area (Å²) in [7, 11) is 1.25. The van der Waals surface area contributed by atoms with Gasteiger partial charge in [0.15, 0.2) is 5.54 Å². The number of methoxy groups -OCH3 is 1. The molecule has 0 spiro atoms. The largest absolute Gasteiger partial charge is 0.467 e. The van der Waals surface area contributed by atoms with E-state index in [0.717, 1.165) is 0 Å². The third-order valence-corrected chi connectivity index (χ3v) is 4.81. The van der Waals surface area contributed by atoms with Gasteiger partial charge in [-0.1, -0.05) is 26.8 Å². The van der Waals surface area contributed by atoms with Crippen LogP contribution in [-0.4, -0.2) is 53.0 Å². The summed E-state index contributed by atoms with van der Waals surface area (Å²) in [5, 5.41) is 11.1. The summed E-state index contributed by atoms with van der Waals surface area (Å²) in [4.78, 5) is 26.8. The van der Waals surface area contributed by atoms with Crippen LogP contribution in [0.25, 0.3) is 0 Å². The zero-order valence-electron chi connectivity index (χ0n) is 13.9. The van der Waals surface area contributed by atoms with Crippen molar-refractivity contribution in [2.24, 2.45) is 11.3 Å². The summed E-state index contributed by atoms with van der Waals surface area (Å²) >= 11 is 0. The minimum absolute atomic E-state index is 0.0754. The first-order valence-electron chi connectivity index (χ1n) is 7.42. The average molecular weight is 311 g/mol. The predicted molar refractivity (Wildman–Crippen MR) is 79.7 cm³/mol. The number of allylic oxidation sites excluding steroid dienone is 1. The number of carbonyl (C=O) groups is 2. The first-order valence-corrected chi connectivity index (χ1v) is 7.42. The highest BCUT2D eigenvalue weighted by Crippen LogP contribution is 2.52. The van der Waals surface area contributed by atoms with E-state index in [1.807, 2.05) is 20.8 Å². The van der Waals surface area contributed by atoms with E-state index in [1.165, 1.54) is 18.9 Å². The Kier molecular flexibility index (Phi) is 3.90. The molecule has 2 rings (SSSR count). The summed E-state index contributed by atoms with van der Waals surface area (Å²) in [6, 6.07) is 0. The molecule has 2 aliphatic heterocycles. The Labute approximate surface area is 131 Å². The molecule has 2 aliphatic rings. The molecule has 4 atom stereocenters. The summed E-state index contributed by atoms with van der Waals surface area (Å²) in [5.41, 5.74) is -3.50. The van der Waals surface area contributed by atoms with Gasteiger partial charge in [0.25, 0.3) is 0 Å². The van der Waals surface area contributed by atoms with Gasteiger partial charge in [-0.2, -0.15) is 0 Å². The van der Waals surface area contributed by atoms with Crippen molar-refractivity contribution in [2.75, 3.05) is 13.7 Å². The van der Waals surface area contributed by atoms with Gasteiger partial charge < -0.3 is 14.6 Å². The lowest BCUT2D eigenvalue weighted by Gasteiger charge is -2.40. The van der Waals surface area contributed by atoms with Gasteiger partial charge in [0, 0.05) is 5.41 Å². The maximum atomic E-state index is 12.9. The Balaban J connectivity index is 2.61. The fourth-order valence-electron chi connectivity index (χ4n) is 3.60. The monoisotopic (exact) mass is 311 g/mol. The summed E-state index contributed by atoms with van der Waals surface area (Å²) in [5.74, 6) is -1.69. The van der Waals surface area contributed by atoms with Gasteiger partial charge >= 0.3 is 5.97 Å². The highest BCUT2D eigenvalue weighted by Gasteiger charge is 2.75. The number of rotatable bonds is 3. The Morgan fingerprint density at radius 1 is 1.59 bits per heavy atom. The number of ether oxygens (including phenoxy) is 2. The van der Waals surface area contributed by atoms with Crippen molar-refractivity contribution >= 4 is 11.9 Å². The molecule has 0 aromatic heterocycles. The van der Waals surface area contributed by atoms with Crippen LogP contribution in [0.5, 0.6) is 0 Å². The standard InChI is InChI=1S/C16H25NO5/c1-7-8-10-11(18)17-12(14(2,3)4)22-9-16(17,13(19)21-6)15(10,5)20/h7,10,12,20H,1,8-9H2,2-6H3/t10-,12+,15+,16-/m0/s1. The van der Waals surface area contributed by atoms with E-state index in [-0.39, 0.29) is 18.9 Å². The Morgan fingerprint density at radius 2 is 2.18 bits per heavy atom. The minimum atomic E-state index is -1.59. The minimum Gasteiger partial charge on any atom is -0.467 e. The smallest absolute Gasteiger partial charge is 0.337 e. The van der Waals surface area contributed by atoms with Crippen molar-refractivity contribution in [1.29, 1.82) is 0 Å². The Bertz CT molecular complexity index is 507. The summed E-state index contributed by atoms with van der Waals surface area (Å²) in [6.07, 6.45) is 1.27. The van der Waals surface area contributed by atoms with E-state index >= 15 is 0 Å². The number of amides is 1. The molecule has 2 fully saturated rings. The predicted octanol–water partition coefficient (Wildman–Crippen LogP) is 1.09. The molecule has 1 amide bonds. The van der Waals surface area contributed by atoms with Gasteiger partial charge in [-0.05, 0) is 13.3 Å². The third kappa shape index (κ3) is 1.93. The summed E-state index contributed by atoms with van der Waals surface area (Å²) in [6.45, 7) is 10.8. The highest BCUT2D eigenvalue weighted by atomic mass is 16.6. The van der Waals surface area contributed by atoms with Crippen molar-refractivity contribution < 1.29 is 24.2 Å². The first-order chi connectivity index (χ1) is 10.1. The van der Waals surface area contributed by atoms with Gasteiger partial charge in [-0.3, -0.25) is 9.69 Å². The SMILES string of the molecule is C=CC[C@H]1C(=O)N2[C@@H](C(C)(C)C)OC[C@]2(C(=O)OC)[C@]1(C)O. The van der Waals surface area contributed by atoms with E-state index in [0.29, 0.717) is 0 Å². The Hall–Kier alpha value is -1.40. The van der Waals surface area contributed by atoms with Crippen LogP contribution in [0.4, 0.5) is 0 Å². The molecule has 0 aromatic carbocycles. The number of nitrogens with zero attached hydrogens (tertiary/aromatic N) is 1. The third-order valence-electron chi connectivity index (χ3n) is 4.81. The lowest BCUT2D eigenvalue weighted by Crippen LogP contribution is -2.64. The number of fused-ring (bicyclic) bond motifs is 1. The molecule has 0 saturated carbocycles. The summed E-state index contributed by atoms with van der Waals surface area (Å²) < 4.78 is 10.7. The number of carbonyl (C=O) groups excluding carboxylic acids is 2. The maximum Gasteiger partial charge on any atom is 0.337 e.